The average Bonchev–Trinajstić information content (AvgIpc) is 2.68. The quantitative estimate of drug-likeness (QED) is 0.626. The van der Waals surface area contributed by atoms with Crippen LogP contribution in [-0.2, 0) is 16.0 Å². The molecule has 0 unspecified atom stereocenters. The lowest BCUT2D eigenvalue weighted by Crippen LogP contribution is -2.42. The van der Waals surface area contributed by atoms with E-state index in [4.69, 9.17) is 10.1 Å². The largest absolute Gasteiger partial charge is 0.480 e. The SMILES string of the molecule is CCOC(=N)[C@@H]1Cc2ccccc2N1C(C)=O. The zero-order valence-corrected chi connectivity index (χ0v) is 10.1. The minimum Gasteiger partial charge on any atom is -0.480 e. The first kappa shape index (κ1) is 11.6. The van der Waals surface area contributed by atoms with Gasteiger partial charge < -0.3 is 4.74 Å². The Hall–Kier alpha value is -1.84. The molecule has 1 aliphatic heterocycles. The van der Waals surface area contributed by atoms with Gasteiger partial charge in [-0.2, -0.15) is 0 Å². The van der Waals surface area contributed by atoms with Gasteiger partial charge in [-0.3, -0.25) is 15.1 Å². The Balaban J connectivity index is 2.33. The molecular weight excluding hydrogens is 216 g/mol. The molecule has 0 fully saturated rings. The Morgan fingerprint density at radius 3 is 2.88 bits per heavy atom. The van der Waals surface area contributed by atoms with Gasteiger partial charge in [-0.05, 0) is 18.6 Å². The molecule has 1 N–H and O–H groups in total. The first-order valence-corrected chi connectivity index (χ1v) is 5.74. The summed E-state index contributed by atoms with van der Waals surface area (Å²) in [5, 5.41) is 7.87. The molecule has 4 nitrogen and oxygen atoms in total. The number of ether oxygens (including phenoxy) is 1. The van der Waals surface area contributed by atoms with Gasteiger partial charge in [0.05, 0.1) is 6.61 Å². The maximum atomic E-state index is 11.7. The highest BCUT2D eigenvalue weighted by Gasteiger charge is 2.35. The van der Waals surface area contributed by atoms with Crippen LogP contribution in [0.3, 0.4) is 0 Å². The monoisotopic (exact) mass is 232 g/mol. The molecule has 4 heteroatoms. The predicted octanol–water partition coefficient (Wildman–Crippen LogP) is 1.98. The predicted molar refractivity (Wildman–Crippen MR) is 66.4 cm³/mol. The molecule has 2 rings (SSSR count). The Bertz CT molecular complexity index is 456. The van der Waals surface area contributed by atoms with Crippen LogP contribution in [-0.4, -0.2) is 24.5 Å². The van der Waals surface area contributed by atoms with Crippen LogP contribution in [0.15, 0.2) is 24.3 Å². The summed E-state index contributed by atoms with van der Waals surface area (Å²) in [6, 6.07) is 7.47. The van der Waals surface area contributed by atoms with Gasteiger partial charge in [0, 0.05) is 19.0 Å². The number of benzene rings is 1. The van der Waals surface area contributed by atoms with Crippen molar-refractivity contribution in [2.75, 3.05) is 11.5 Å². The number of carbonyl (C=O) groups excluding carboxylic acids is 1. The van der Waals surface area contributed by atoms with Crippen molar-refractivity contribution in [1.82, 2.24) is 0 Å². The molecule has 1 amide bonds. The second-order valence-corrected chi connectivity index (χ2v) is 4.03. The van der Waals surface area contributed by atoms with E-state index < -0.39 is 0 Å². The lowest BCUT2D eigenvalue weighted by molar-refractivity contribution is -0.116. The van der Waals surface area contributed by atoms with E-state index >= 15 is 0 Å². The van der Waals surface area contributed by atoms with Crippen molar-refractivity contribution in [1.29, 1.82) is 5.41 Å². The number of fused-ring (bicyclic) bond motifs is 1. The highest BCUT2D eigenvalue weighted by atomic mass is 16.5. The van der Waals surface area contributed by atoms with E-state index in [9.17, 15) is 4.79 Å². The third kappa shape index (κ3) is 2.02. The van der Waals surface area contributed by atoms with Crippen LogP contribution in [0.25, 0.3) is 0 Å². The van der Waals surface area contributed by atoms with Crippen molar-refractivity contribution in [3.8, 4) is 0 Å². The number of rotatable bonds is 2. The molecule has 0 aromatic heterocycles. The van der Waals surface area contributed by atoms with Crippen molar-refractivity contribution in [3.63, 3.8) is 0 Å². The van der Waals surface area contributed by atoms with Crippen LogP contribution in [0.4, 0.5) is 5.69 Å². The molecule has 17 heavy (non-hydrogen) atoms. The fourth-order valence-electron chi connectivity index (χ4n) is 2.24. The summed E-state index contributed by atoms with van der Waals surface area (Å²) in [6.45, 7) is 3.82. The summed E-state index contributed by atoms with van der Waals surface area (Å²) in [7, 11) is 0. The summed E-state index contributed by atoms with van der Waals surface area (Å²) < 4.78 is 5.23. The molecule has 0 radical (unpaired) electrons. The molecule has 0 spiro atoms. The van der Waals surface area contributed by atoms with Crippen molar-refractivity contribution in [3.05, 3.63) is 29.8 Å². The van der Waals surface area contributed by atoms with Gasteiger partial charge in [-0.15, -0.1) is 0 Å². The number of carbonyl (C=O) groups is 1. The van der Waals surface area contributed by atoms with Crippen LogP contribution in [0, 0.1) is 5.41 Å². The van der Waals surface area contributed by atoms with Crippen LogP contribution in [0.2, 0.25) is 0 Å². The number of anilines is 1. The summed E-state index contributed by atoms with van der Waals surface area (Å²) in [5.41, 5.74) is 1.99. The molecule has 1 heterocycles. The molecule has 0 saturated carbocycles. The van der Waals surface area contributed by atoms with Crippen LogP contribution >= 0.6 is 0 Å². The summed E-state index contributed by atoms with van der Waals surface area (Å²) >= 11 is 0. The summed E-state index contributed by atoms with van der Waals surface area (Å²) in [5.74, 6) is 0.114. The maximum absolute atomic E-state index is 11.7. The van der Waals surface area contributed by atoms with Gasteiger partial charge in [-0.1, -0.05) is 18.2 Å². The van der Waals surface area contributed by atoms with Gasteiger partial charge in [0.15, 0.2) is 0 Å². The van der Waals surface area contributed by atoms with E-state index in [1.807, 2.05) is 31.2 Å². The van der Waals surface area contributed by atoms with E-state index in [-0.39, 0.29) is 17.8 Å². The average molecular weight is 232 g/mol. The highest BCUT2D eigenvalue weighted by molar-refractivity contribution is 6.01. The Kier molecular flexibility index (Phi) is 3.13. The number of para-hydroxylation sites is 1. The van der Waals surface area contributed by atoms with Crippen molar-refractivity contribution >= 4 is 17.5 Å². The first-order valence-electron chi connectivity index (χ1n) is 5.74. The molecule has 1 aromatic carbocycles. The lowest BCUT2D eigenvalue weighted by atomic mass is 10.1. The molecule has 1 atom stereocenters. The Morgan fingerprint density at radius 1 is 1.53 bits per heavy atom. The third-order valence-corrected chi connectivity index (χ3v) is 2.92. The van der Waals surface area contributed by atoms with Crippen LogP contribution in [0.5, 0.6) is 0 Å². The normalized spacial score (nSPS) is 17.8. The van der Waals surface area contributed by atoms with Crippen LogP contribution in [0.1, 0.15) is 19.4 Å². The number of nitrogens with one attached hydrogen (secondary N) is 1. The molecular formula is C13H16N2O2. The van der Waals surface area contributed by atoms with Gasteiger partial charge >= 0.3 is 0 Å². The topological polar surface area (TPSA) is 53.4 Å². The van der Waals surface area contributed by atoms with Gasteiger partial charge in [-0.25, -0.2) is 0 Å². The zero-order valence-electron chi connectivity index (χ0n) is 10.1. The molecule has 0 saturated heterocycles. The van der Waals surface area contributed by atoms with E-state index in [1.54, 1.807) is 4.90 Å². The number of nitrogens with zero attached hydrogens (tertiary/aromatic N) is 1. The highest BCUT2D eigenvalue weighted by Crippen LogP contribution is 2.32. The number of hydrogen-bond donors (Lipinski definition) is 1. The molecule has 1 aromatic rings. The standard InChI is InChI=1S/C13H16N2O2/c1-3-17-13(14)12-8-10-6-4-5-7-11(10)15(12)9(2)16/h4-7,12,14H,3,8H2,1-2H3/t12-/m0/s1. The number of amides is 1. The van der Waals surface area contributed by atoms with E-state index in [1.165, 1.54) is 6.92 Å². The second kappa shape index (κ2) is 4.57. The maximum Gasteiger partial charge on any atom is 0.224 e. The molecule has 1 aliphatic rings. The van der Waals surface area contributed by atoms with Crippen molar-refractivity contribution in [2.45, 2.75) is 26.3 Å². The minimum absolute atomic E-state index is 0.0515. The molecule has 90 valence electrons. The van der Waals surface area contributed by atoms with Gasteiger partial charge in [0.1, 0.15) is 6.04 Å². The molecule has 0 bridgehead atoms. The zero-order chi connectivity index (χ0) is 12.4. The first-order chi connectivity index (χ1) is 8.15. The van der Waals surface area contributed by atoms with E-state index in [0.29, 0.717) is 13.0 Å². The smallest absolute Gasteiger partial charge is 0.224 e. The van der Waals surface area contributed by atoms with Crippen LogP contribution < -0.4 is 4.90 Å². The minimum atomic E-state index is -0.287. The summed E-state index contributed by atoms with van der Waals surface area (Å²) in [6.07, 6.45) is 0.661. The Labute approximate surface area is 101 Å². The van der Waals surface area contributed by atoms with Gasteiger partial charge in [0.25, 0.3) is 0 Å². The lowest BCUT2D eigenvalue weighted by Gasteiger charge is -2.24. The van der Waals surface area contributed by atoms with E-state index in [0.717, 1.165) is 11.3 Å². The molecule has 0 aliphatic carbocycles. The Morgan fingerprint density at radius 2 is 2.24 bits per heavy atom. The van der Waals surface area contributed by atoms with Crippen molar-refractivity contribution < 1.29 is 9.53 Å². The fraction of sp³-hybridized carbons (Fsp3) is 0.385. The number of hydrogen-bond acceptors (Lipinski definition) is 3. The fourth-order valence-corrected chi connectivity index (χ4v) is 2.24. The van der Waals surface area contributed by atoms with Crippen molar-refractivity contribution in [2.24, 2.45) is 0 Å². The van der Waals surface area contributed by atoms with E-state index in [2.05, 4.69) is 0 Å². The third-order valence-electron chi connectivity index (χ3n) is 2.92. The second-order valence-electron chi connectivity index (χ2n) is 4.03. The van der Waals surface area contributed by atoms with Gasteiger partial charge in [0.2, 0.25) is 11.8 Å². The summed E-state index contributed by atoms with van der Waals surface area (Å²) in [4.78, 5) is 13.3.